The molecule has 0 radical (unpaired) electrons. The molecule has 2 heterocycles. The molecule has 1 unspecified atom stereocenters. The van der Waals surface area contributed by atoms with Crippen LogP contribution in [0.1, 0.15) is 51.4 Å². The van der Waals surface area contributed by atoms with Crippen molar-refractivity contribution in [3.05, 3.63) is 0 Å². The minimum Gasteiger partial charge on any atom is -0.379 e. The second-order valence-electron chi connectivity index (χ2n) is 7.87. The first-order chi connectivity index (χ1) is 10.8. The van der Waals surface area contributed by atoms with Gasteiger partial charge < -0.3 is 9.64 Å². The van der Waals surface area contributed by atoms with E-state index in [1.54, 1.807) is 0 Å². The maximum absolute atomic E-state index is 12.6. The van der Waals surface area contributed by atoms with Crippen molar-refractivity contribution in [3.8, 4) is 0 Å². The van der Waals surface area contributed by atoms with Crippen LogP contribution in [0, 0.1) is 11.3 Å². The highest BCUT2D eigenvalue weighted by Crippen LogP contribution is 2.51. The summed E-state index contributed by atoms with van der Waals surface area (Å²) in [6, 6.07) is 0.764. The quantitative estimate of drug-likeness (QED) is 0.784. The van der Waals surface area contributed by atoms with E-state index >= 15 is 0 Å². The van der Waals surface area contributed by atoms with E-state index in [0.717, 1.165) is 58.3 Å². The summed E-state index contributed by atoms with van der Waals surface area (Å²) >= 11 is 0. The molecule has 4 nitrogen and oxygen atoms in total. The Balaban J connectivity index is 1.33. The lowest BCUT2D eigenvalue weighted by atomic mass is 9.58. The van der Waals surface area contributed by atoms with Gasteiger partial charge in [-0.15, -0.1) is 0 Å². The number of amides is 1. The predicted octanol–water partition coefficient (Wildman–Crippen LogP) is 2.28. The summed E-state index contributed by atoms with van der Waals surface area (Å²) in [6.45, 7) is 6.04. The molecule has 2 aliphatic heterocycles. The van der Waals surface area contributed by atoms with E-state index in [2.05, 4.69) is 9.80 Å². The van der Waals surface area contributed by atoms with Gasteiger partial charge in [-0.25, -0.2) is 0 Å². The van der Waals surface area contributed by atoms with Crippen LogP contribution in [0.15, 0.2) is 0 Å². The number of rotatable bonds is 2. The first kappa shape index (κ1) is 14.9. The van der Waals surface area contributed by atoms with Crippen molar-refractivity contribution in [1.29, 1.82) is 0 Å². The molecular formula is C18H30N2O2. The normalized spacial score (nSPS) is 33.1. The molecule has 124 valence electrons. The predicted molar refractivity (Wildman–Crippen MR) is 85.6 cm³/mol. The van der Waals surface area contributed by atoms with Crippen molar-refractivity contribution in [2.75, 3.05) is 39.4 Å². The largest absolute Gasteiger partial charge is 0.379 e. The first-order valence-electron chi connectivity index (χ1n) is 9.39. The molecule has 4 rings (SSSR count). The molecule has 22 heavy (non-hydrogen) atoms. The average molecular weight is 306 g/mol. The van der Waals surface area contributed by atoms with Crippen molar-refractivity contribution >= 4 is 5.91 Å². The zero-order chi connectivity index (χ0) is 15.0. The maximum Gasteiger partial charge on any atom is 0.225 e. The van der Waals surface area contributed by atoms with Gasteiger partial charge in [0.05, 0.1) is 13.2 Å². The molecule has 4 fully saturated rings. The molecular weight excluding hydrogens is 276 g/mol. The van der Waals surface area contributed by atoms with E-state index in [0.29, 0.717) is 17.2 Å². The molecule has 4 heteroatoms. The lowest BCUT2D eigenvalue weighted by Gasteiger charge is -2.58. The molecule has 1 amide bonds. The number of hydrogen-bond acceptors (Lipinski definition) is 3. The Kier molecular flexibility index (Phi) is 4.16. The molecule has 2 saturated carbocycles. The van der Waals surface area contributed by atoms with E-state index in [9.17, 15) is 4.79 Å². The monoisotopic (exact) mass is 306 g/mol. The molecule has 1 atom stereocenters. The number of hydrogen-bond donors (Lipinski definition) is 0. The minimum absolute atomic E-state index is 0.352. The van der Waals surface area contributed by atoms with Gasteiger partial charge in [0.1, 0.15) is 0 Å². The van der Waals surface area contributed by atoms with Crippen LogP contribution in [0.3, 0.4) is 0 Å². The molecule has 1 spiro atoms. The van der Waals surface area contributed by atoms with Crippen LogP contribution < -0.4 is 0 Å². The number of likely N-dealkylation sites (tertiary alicyclic amines) is 1. The summed E-state index contributed by atoms with van der Waals surface area (Å²) in [7, 11) is 0. The van der Waals surface area contributed by atoms with Crippen LogP contribution in [0.25, 0.3) is 0 Å². The summed E-state index contributed by atoms with van der Waals surface area (Å²) < 4.78 is 5.51. The maximum atomic E-state index is 12.6. The number of nitrogens with zero attached hydrogens (tertiary/aromatic N) is 2. The average Bonchev–Trinajstić information content (AvgIpc) is 3.09. The summed E-state index contributed by atoms with van der Waals surface area (Å²) in [5, 5.41) is 0. The van der Waals surface area contributed by atoms with Gasteiger partial charge in [-0.3, -0.25) is 9.69 Å². The number of carbonyl (C=O) groups is 1. The number of piperidine rings is 1. The molecule has 0 aromatic rings. The Hall–Kier alpha value is -0.610. The SMILES string of the molecule is O=C(C1CCCC1)N1CCC2(CCC2N2CCOCC2)CC1. The van der Waals surface area contributed by atoms with Gasteiger partial charge in [-0.05, 0) is 43.9 Å². The summed E-state index contributed by atoms with van der Waals surface area (Å²) in [5.74, 6) is 0.820. The van der Waals surface area contributed by atoms with Gasteiger partial charge in [0.25, 0.3) is 0 Å². The summed E-state index contributed by atoms with van der Waals surface area (Å²) in [4.78, 5) is 17.5. The Morgan fingerprint density at radius 1 is 0.909 bits per heavy atom. The number of ether oxygens (including phenoxy) is 1. The lowest BCUT2D eigenvalue weighted by Crippen LogP contribution is -2.61. The van der Waals surface area contributed by atoms with E-state index in [1.807, 2.05) is 0 Å². The Labute approximate surface area is 134 Å². The highest BCUT2D eigenvalue weighted by Gasteiger charge is 2.51. The molecule has 2 aliphatic carbocycles. The summed E-state index contributed by atoms with van der Waals surface area (Å²) in [6.07, 6.45) is 9.98. The molecule has 4 aliphatic rings. The molecule has 0 N–H and O–H groups in total. The number of carbonyl (C=O) groups excluding carboxylic acids is 1. The smallest absolute Gasteiger partial charge is 0.225 e. The molecule has 0 bridgehead atoms. The molecule has 0 aromatic heterocycles. The third kappa shape index (κ3) is 2.58. The third-order valence-corrected chi connectivity index (χ3v) is 6.88. The Morgan fingerprint density at radius 3 is 2.18 bits per heavy atom. The van der Waals surface area contributed by atoms with Gasteiger partial charge in [-0.1, -0.05) is 12.8 Å². The van der Waals surface area contributed by atoms with Crippen LogP contribution in [-0.2, 0) is 9.53 Å². The zero-order valence-corrected chi connectivity index (χ0v) is 13.8. The van der Waals surface area contributed by atoms with Gasteiger partial charge in [0, 0.05) is 38.1 Å². The van der Waals surface area contributed by atoms with Crippen LogP contribution in [0.5, 0.6) is 0 Å². The van der Waals surface area contributed by atoms with Gasteiger partial charge >= 0.3 is 0 Å². The van der Waals surface area contributed by atoms with Crippen molar-refractivity contribution in [3.63, 3.8) is 0 Å². The second-order valence-corrected chi connectivity index (χ2v) is 7.87. The molecule has 0 aromatic carbocycles. The third-order valence-electron chi connectivity index (χ3n) is 6.88. The zero-order valence-electron chi connectivity index (χ0n) is 13.8. The standard InChI is InChI=1S/C18H30N2O2/c21-17(15-3-1-2-4-15)20-9-7-18(8-10-20)6-5-16(18)19-11-13-22-14-12-19/h15-16H,1-14H2. The van der Waals surface area contributed by atoms with Gasteiger partial charge in [0.2, 0.25) is 5.91 Å². The van der Waals surface area contributed by atoms with E-state index in [4.69, 9.17) is 4.74 Å². The van der Waals surface area contributed by atoms with E-state index in [-0.39, 0.29) is 0 Å². The summed E-state index contributed by atoms with van der Waals surface area (Å²) in [5.41, 5.74) is 0.518. The Bertz CT molecular complexity index is 405. The van der Waals surface area contributed by atoms with E-state index in [1.165, 1.54) is 38.5 Å². The fraction of sp³-hybridized carbons (Fsp3) is 0.944. The van der Waals surface area contributed by atoms with Crippen molar-refractivity contribution in [2.24, 2.45) is 11.3 Å². The fourth-order valence-corrected chi connectivity index (χ4v) is 5.33. The minimum atomic E-state index is 0.352. The van der Waals surface area contributed by atoms with Gasteiger partial charge in [0.15, 0.2) is 0 Å². The van der Waals surface area contributed by atoms with Gasteiger partial charge in [-0.2, -0.15) is 0 Å². The van der Waals surface area contributed by atoms with Crippen LogP contribution >= 0.6 is 0 Å². The number of morpholine rings is 1. The van der Waals surface area contributed by atoms with Crippen LogP contribution in [0.2, 0.25) is 0 Å². The Morgan fingerprint density at radius 2 is 1.59 bits per heavy atom. The van der Waals surface area contributed by atoms with E-state index < -0.39 is 0 Å². The highest BCUT2D eigenvalue weighted by atomic mass is 16.5. The lowest BCUT2D eigenvalue weighted by molar-refractivity contribution is -0.143. The topological polar surface area (TPSA) is 32.8 Å². The van der Waals surface area contributed by atoms with Crippen molar-refractivity contribution < 1.29 is 9.53 Å². The fourth-order valence-electron chi connectivity index (χ4n) is 5.33. The van der Waals surface area contributed by atoms with Crippen molar-refractivity contribution in [2.45, 2.75) is 57.4 Å². The first-order valence-corrected chi connectivity index (χ1v) is 9.39. The second kappa shape index (κ2) is 6.12. The highest BCUT2D eigenvalue weighted by molar-refractivity contribution is 5.79. The van der Waals surface area contributed by atoms with Crippen LogP contribution in [0.4, 0.5) is 0 Å². The molecule has 2 saturated heterocycles. The van der Waals surface area contributed by atoms with Crippen molar-refractivity contribution in [1.82, 2.24) is 9.80 Å². The van der Waals surface area contributed by atoms with Crippen LogP contribution in [-0.4, -0.2) is 61.1 Å².